The van der Waals surface area contributed by atoms with Gasteiger partial charge in [0.1, 0.15) is 5.82 Å². The van der Waals surface area contributed by atoms with Gasteiger partial charge in [-0.2, -0.15) is 0 Å². The maximum atomic E-state index is 13.9. The Morgan fingerprint density at radius 3 is 2.74 bits per heavy atom. The molecule has 0 radical (unpaired) electrons. The maximum Gasteiger partial charge on any atom is 0.142 e. The van der Waals surface area contributed by atoms with Gasteiger partial charge in [-0.05, 0) is 40.0 Å². The van der Waals surface area contributed by atoms with Gasteiger partial charge >= 0.3 is 0 Å². The van der Waals surface area contributed by atoms with Crippen molar-refractivity contribution in [3.05, 3.63) is 63.6 Å². The molecule has 100 valence electrons. The average molecular weight is 323 g/mol. The highest BCUT2D eigenvalue weighted by atomic mass is 79.9. The smallest absolute Gasteiger partial charge is 0.142 e. The van der Waals surface area contributed by atoms with E-state index >= 15 is 0 Å². The van der Waals surface area contributed by atoms with Crippen molar-refractivity contribution in [2.45, 2.75) is 25.8 Å². The second kappa shape index (κ2) is 6.26. The van der Waals surface area contributed by atoms with E-state index in [0.29, 0.717) is 16.5 Å². The predicted octanol–water partition coefficient (Wildman–Crippen LogP) is 3.79. The SMILES string of the molecule is CCc1ccc(CC(N)c2cccc(Br)c2F)nc1. The van der Waals surface area contributed by atoms with E-state index < -0.39 is 6.04 Å². The lowest BCUT2D eigenvalue weighted by atomic mass is 10.0. The molecule has 1 heterocycles. The molecule has 0 amide bonds. The summed E-state index contributed by atoms with van der Waals surface area (Å²) in [7, 11) is 0. The third-order valence-corrected chi connectivity index (χ3v) is 3.72. The molecule has 1 aromatic carbocycles. The van der Waals surface area contributed by atoms with Gasteiger partial charge in [-0.25, -0.2) is 4.39 Å². The van der Waals surface area contributed by atoms with Crippen LogP contribution < -0.4 is 5.73 Å². The topological polar surface area (TPSA) is 38.9 Å². The highest BCUT2D eigenvalue weighted by Gasteiger charge is 2.14. The van der Waals surface area contributed by atoms with Crippen LogP contribution in [-0.4, -0.2) is 4.98 Å². The van der Waals surface area contributed by atoms with E-state index in [1.807, 2.05) is 18.3 Å². The van der Waals surface area contributed by atoms with Crippen molar-refractivity contribution < 1.29 is 4.39 Å². The molecule has 1 unspecified atom stereocenters. The van der Waals surface area contributed by atoms with E-state index in [-0.39, 0.29) is 5.82 Å². The number of aromatic nitrogens is 1. The van der Waals surface area contributed by atoms with Gasteiger partial charge in [0.15, 0.2) is 0 Å². The fraction of sp³-hybridized carbons (Fsp3) is 0.267. The van der Waals surface area contributed by atoms with Crippen LogP contribution >= 0.6 is 15.9 Å². The van der Waals surface area contributed by atoms with Crippen molar-refractivity contribution in [3.63, 3.8) is 0 Å². The highest BCUT2D eigenvalue weighted by Crippen LogP contribution is 2.24. The van der Waals surface area contributed by atoms with Crippen molar-refractivity contribution in [1.82, 2.24) is 4.98 Å². The minimum Gasteiger partial charge on any atom is -0.324 e. The van der Waals surface area contributed by atoms with Crippen LogP contribution in [0.25, 0.3) is 0 Å². The van der Waals surface area contributed by atoms with Gasteiger partial charge in [-0.1, -0.05) is 25.1 Å². The highest BCUT2D eigenvalue weighted by molar-refractivity contribution is 9.10. The molecule has 4 heteroatoms. The molecule has 1 aromatic heterocycles. The number of aryl methyl sites for hydroxylation is 1. The van der Waals surface area contributed by atoms with Crippen molar-refractivity contribution in [3.8, 4) is 0 Å². The Hall–Kier alpha value is -1.26. The third kappa shape index (κ3) is 3.39. The molecule has 0 aliphatic carbocycles. The Labute approximate surface area is 121 Å². The number of nitrogens with zero attached hydrogens (tertiary/aromatic N) is 1. The molecule has 1 atom stereocenters. The van der Waals surface area contributed by atoms with Gasteiger partial charge in [0, 0.05) is 29.9 Å². The minimum absolute atomic E-state index is 0.292. The van der Waals surface area contributed by atoms with Gasteiger partial charge in [0.25, 0.3) is 0 Å². The van der Waals surface area contributed by atoms with Crippen LogP contribution in [0.1, 0.15) is 29.8 Å². The lowest BCUT2D eigenvalue weighted by Crippen LogP contribution is -2.16. The summed E-state index contributed by atoms with van der Waals surface area (Å²) in [6, 6.07) is 8.76. The van der Waals surface area contributed by atoms with Crippen molar-refractivity contribution >= 4 is 15.9 Å². The minimum atomic E-state index is -0.391. The van der Waals surface area contributed by atoms with Gasteiger partial charge in [0.05, 0.1) is 4.47 Å². The Balaban J connectivity index is 2.15. The molecule has 0 fully saturated rings. The first-order chi connectivity index (χ1) is 9.11. The lowest BCUT2D eigenvalue weighted by molar-refractivity contribution is 0.572. The summed E-state index contributed by atoms with van der Waals surface area (Å²) in [6.45, 7) is 2.08. The molecule has 2 N–H and O–H groups in total. The monoisotopic (exact) mass is 322 g/mol. The van der Waals surface area contributed by atoms with Crippen LogP contribution in [-0.2, 0) is 12.8 Å². The van der Waals surface area contributed by atoms with Crippen molar-refractivity contribution in [2.24, 2.45) is 5.73 Å². The molecule has 2 rings (SSSR count). The Bertz CT molecular complexity index is 555. The summed E-state index contributed by atoms with van der Waals surface area (Å²) in [5.41, 5.74) is 8.64. The largest absolute Gasteiger partial charge is 0.324 e. The first kappa shape index (κ1) is 14.2. The Morgan fingerprint density at radius 2 is 2.11 bits per heavy atom. The van der Waals surface area contributed by atoms with Crippen molar-refractivity contribution in [1.29, 1.82) is 0 Å². The zero-order chi connectivity index (χ0) is 13.8. The van der Waals surface area contributed by atoms with E-state index in [4.69, 9.17) is 5.73 Å². The summed E-state index contributed by atoms with van der Waals surface area (Å²) in [4.78, 5) is 4.35. The fourth-order valence-electron chi connectivity index (χ4n) is 1.93. The number of hydrogen-bond donors (Lipinski definition) is 1. The number of pyridine rings is 1. The van der Waals surface area contributed by atoms with Crippen LogP contribution in [0, 0.1) is 5.82 Å². The molecule has 2 nitrogen and oxygen atoms in total. The average Bonchev–Trinajstić information content (AvgIpc) is 2.42. The normalized spacial score (nSPS) is 12.4. The molecule has 0 bridgehead atoms. The number of benzene rings is 1. The number of rotatable bonds is 4. The second-order valence-corrected chi connectivity index (χ2v) is 5.32. The number of halogens is 2. The quantitative estimate of drug-likeness (QED) is 0.930. The van der Waals surface area contributed by atoms with Crippen molar-refractivity contribution in [2.75, 3.05) is 0 Å². The maximum absolute atomic E-state index is 13.9. The summed E-state index contributed by atoms with van der Waals surface area (Å²) in [5.74, 6) is -0.292. The summed E-state index contributed by atoms with van der Waals surface area (Å²) in [5, 5.41) is 0. The predicted molar refractivity (Wildman–Crippen MR) is 78.3 cm³/mol. The van der Waals surface area contributed by atoms with Gasteiger partial charge in [0.2, 0.25) is 0 Å². The molecular weight excluding hydrogens is 307 g/mol. The standard InChI is InChI=1S/C15H16BrFN2/c1-2-10-6-7-11(19-9-10)8-14(18)12-4-3-5-13(16)15(12)17/h3-7,9,14H,2,8,18H2,1H3. The number of nitrogens with two attached hydrogens (primary N) is 1. The number of hydrogen-bond acceptors (Lipinski definition) is 2. The van der Waals surface area contributed by atoms with Crippen LogP contribution in [0.15, 0.2) is 41.0 Å². The molecule has 0 aliphatic heterocycles. The summed E-state index contributed by atoms with van der Waals surface area (Å²) >= 11 is 3.17. The van der Waals surface area contributed by atoms with E-state index in [0.717, 1.165) is 12.1 Å². The van der Waals surface area contributed by atoms with Crippen LogP contribution in [0.5, 0.6) is 0 Å². The first-order valence-electron chi connectivity index (χ1n) is 6.25. The molecule has 0 saturated heterocycles. The van der Waals surface area contributed by atoms with E-state index in [1.54, 1.807) is 18.2 Å². The molecule has 0 aliphatic rings. The van der Waals surface area contributed by atoms with Gasteiger partial charge in [-0.3, -0.25) is 4.98 Å². The molecule has 0 spiro atoms. The van der Waals surface area contributed by atoms with Gasteiger partial charge < -0.3 is 5.73 Å². The van der Waals surface area contributed by atoms with E-state index in [2.05, 4.69) is 27.8 Å². The zero-order valence-electron chi connectivity index (χ0n) is 10.7. The molecule has 19 heavy (non-hydrogen) atoms. The molecule has 0 saturated carbocycles. The van der Waals surface area contributed by atoms with Crippen LogP contribution in [0.4, 0.5) is 4.39 Å². The third-order valence-electron chi connectivity index (χ3n) is 3.10. The van der Waals surface area contributed by atoms with Crippen LogP contribution in [0.2, 0.25) is 0 Å². The van der Waals surface area contributed by atoms with E-state index in [9.17, 15) is 4.39 Å². The second-order valence-electron chi connectivity index (χ2n) is 4.47. The van der Waals surface area contributed by atoms with E-state index in [1.165, 1.54) is 5.56 Å². The zero-order valence-corrected chi connectivity index (χ0v) is 12.3. The summed E-state index contributed by atoms with van der Waals surface area (Å²) < 4.78 is 14.4. The Morgan fingerprint density at radius 1 is 1.32 bits per heavy atom. The molecular formula is C15H16BrFN2. The summed E-state index contributed by atoms with van der Waals surface area (Å²) in [6.07, 6.45) is 3.33. The van der Waals surface area contributed by atoms with Crippen LogP contribution in [0.3, 0.4) is 0 Å². The van der Waals surface area contributed by atoms with Gasteiger partial charge in [-0.15, -0.1) is 0 Å². The Kier molecular flexibility index (Phi) is 4.66. The lowest BCUT2D eigenvalue weighted by Gasteiger charge is -2.13. The first-order valence-corrected chi connectivity index (χ1v) is 7.04. The fourth-order valence-corrected chi connectivity index (χ4v) is 2.31. The molecule has 2 aromatic rings.